The summed E-state index contributed by atoms with van der Waals surface area (Å²) in [6.45, 7) is 0. The molecular formula is C7H6BrN5. The fourth-order valence-corrected chi connectivity index (χ4v) is 1.28. The number of aromatic nitrogens is 4. The van der Waals surface area contributed by atoms with E-state index in [1.165, 1.54) is 0 Å². The normalized spacial score (nSPS) is 9.92. The second-order valence-electron chi connectivity index (χ2n) is 2.34. The lowest BCUT2D eigenvalue weighted by molar-refractivity contribution is 0.881. The predicted molar refractivity (Wildman–Crippen MR) is 51.6 cm³/mol. The summed E-state index contributed by atoms with van der Waals surface area (Å²) in [4.78, 5) is 0. The van der Waals surface area contributed by atoms with Gasteiger partial charge in [-0.3, -0.25) is 0 Å². The Labute approximate surface area is 82.7 Å². The van der Waals surface area contributed by atoms with Gasteiger partial charge < -0.3 is 5.32 Å². The number of hydrogen-bond acceptors (Lipinski definition) is 4. The molecule has 13 heavy (non-hydrogen) atoms. The summed E-state index contributed by atoms with van der Waals surface area (Å²) in [6, 6.07) is 7.71. The average Bonchev–Trinajstić information content (AvgIpc) is 2.61. The third-order valence-electron chi connectivity index (χ3n) is 1.47. The van der Waals surface area contributed by atoms with Crippen LogP contribution in [0.4, 0.5) is 11.6 Å². The van der Waals surface area contributed by atoms with Crippen molar-refractivity contribution in [3.05, 3.63) is 28.7 Å². The molecule has 0 bridgehead atoms. The lowest BCUT2D eigenvalue weighted by Crippen LogP contribution is -1.92. The van der Waals surface area contributed by atoms with Crippen molar-refractivity contribution in [2.24, 2.45) is 0 Å². The molecular weight excluding hydrogens is 234 g/mol. The van der Waals surface area contributed by atoms with Crippen LogP contribution in [0, 0.1) is 0 Å². The maximum atomic E-state index is 3.77. The SMILES string of the molecule is Brc1ccccc1Nc1nn[nH]n1. The molecule has 0 amide bonds. The largest absolute Gasteiger partial charge is 0.321 e. The molecule has 1 aromatic heterocycles. The van der Waals surface area contributed by atoms with Crippen LogP contribution in [0.2, 0.25) is 0 Å². The van der Waals surface area contributed by atoms with Crippen LogP contribution in [0.25, 0.3) is 0 Å². The Hall–Kier alpha value is -1.43. The summed E-state index contributed by atoms with van der Waals surface area (Å²) in [5.41, 5.74) is 0.906. The highest BCUT2D eigenvalue weighted by atomic mass is 79.9. The smallest absolute Gasteiger partial charge is 0.267 e. The van der Waals surface area contributed by atoms with E-state index in [2.05, 4.69) is 41.9 Å². The molecule has 1 aromatic carbocycles. The lowest BCUT2D eigenvalue weighted by Gasteiger charge is -2.02. The second-order valence-corrected chi connectivity index (χ2v) is 3.19. The maximum Gasteiger partial charge on any atom is 0.267 e. The van der Waals surface area contributed by atoms with Gasteiger partial charge in [0.15, 0.2) is 0 Å². The van der Waals surface area contributed by atoms with Gasteiger partial charge in [0.2, 0.25) is 0 Å². The van der Waals surface area contributed by atoms with Gasteiger partial charge in [-0.1, -0.05) is 17.2 Å². The summed E-state index contributed by atoms with van der Waals surface area (Å²) in [5, 5.41) is 16.3. The van der Waals surface area contributed by atoms with Crippen LogP contribution in [0.15, 0.2) is 28.7 Å². The molecule has 0 aliphatic heterocycles. The van der Waals surface area contributed by atoms with Crippen molar-refractivity contribution in [2.75, 3.05) is 5.32 Å². The van der Waals surface area contributed by atoms with Gasteiger partial charge in [0.1, 0.15) is 0 Å². The molecule has 2 aromatic rings. The van der Waals surface area contributed by atoms with Crippen LogP contribution in [-0.4, -0.2) is 20.6 Å². The first-order valence-electron chi connectivity index (χ1n) is 3.61. The van der Waals surface area contributed by atoms with Crippen molar-refractivity contribution >= 4 is 27.6 Å². The Morgan fingerprint density at radius 3 is 2.85 bits per heavy atom. The number of para-hydroxylation sites is 1. The van der Waals surface area contributed by atoms with Gasteiger partial charge in [0.05, 0.1) is 5.69 Å². The van der Waals surface area contributed by atoms with Crippen LogP contribution >= 0.6 is 15.9 Å². The van der Waals surface area contributed by atoms with Crippen LogP contribution in [-0.2, 0) is 0 Å². The van der Waals surface area contributed by atoms with Crippen molar-refractivity contribution < 1.29 is 0 Å². The van der Waals surface area contributed by atoms with Gasteiger partial charge in [0, 0.05) is 4.47 Å². The van der Waals surface area contributed by atoms with Gasteiger partial charge >= 0.3 is 0 Å². The topological polar surface area (TPSA) is 66.5 Å². The first-order chi connectivity index (χ1) is 6.36. The van der Waals surface area contributed by atoms with E-state index in [-0.39, 0.29) is 0 Å². The predicted octanol–water partition coefficient (Wildman–Crippen LogP) is 1.71. The third kappa shape index (κ3) is 1.83. The summed E-state index contributed by atoms with van der Waals surface area (Å²) < 4.78 is 0.958. The van der Waals surface area contributed by atoms with E-state index in [4.69, 9.17) is 0 Å². The van der Waals surface area contributed by atoms with E-state index in [1.807, 2.05) is 24.3 Å². The standard InChI is InChI=1S/C7H6BrN5/c8-5-3-1-2-4-6(5)9-7-10-12-13-11-7/h1-4H,(H2,9,10,11,12,13). The molecule has 0 aliphatic carbocycles. The molecule has 1 heterocycles. The molecule has 0 radical (unpaired) electrons. The van der Waals surface area contributed by atoms with E-state index in [0.717, 1.165) is 10.2 Å². The first kappa shape index (κ1) is 8.18. The molecule has 0 spiro atoms. The zero-order valence-corrected chi connectivity index (χ0v) is 8.12. The number of hydrogen-bond donors (Lipinski definition) is 2. The van der Waals surface area contributed by atoms with Crippen LogP contribution < -0.4 is 5.32 Å². The number of H-pyrrole nitrogens is 1. The Bertz CT molecular complexity index is 386. The van der Waals surface area contributed by atoms with E-state index in [0.29, 0.717) is 5.95 Å². The average molecular weight is 240 g/mol. The second kappa shape index (κ2) is 3.53. The highest BCUT2D eigenvalue weighted by Gasteiger charge is 2.00. The highest BCUT2D eigenvalue weighted by Crippen LogP contribution is 2.22. The maximum absolute atomic E-state index is 3.77. The monoisotopic (exact) mass is 239 g/mol. The van der Waals surface area contributed by atoms with Crippen molar-refractivity contribution in [3.8, 4) is 0 Å². The van der Waals surface area contributed by atoms with Crippen molar-refractivity contribution in [1.29, 1.82) is 0 Å². The van der Waals surface area contributed by atoms with Crippen molar-refractivity contribution in [1.82, 2.24) is 20.6 Å². The zero-order chi connectivity index (χ0) is 9.10. The fourth-order valence-electron chi connectivity index (χ4n) is 0.898. The van der Waals surface area contributed by atoms with E-state index < -0.39 is 0 Å². The molecule has 0 fully saturated rings. The first-order valence-corrected chi connectivity index (χ1v) is 4.40. The number of halogens is 1. The number of nitrogens with one attached hydrogen (secondary N) is 2. The highest BCUT2D eigenvalue weighted by molar-refractivity contribution is 9.10. The minimum absolute atomic E-state index is 0.451. The van der Waals surface area contributed by atoms with Gasteiger partial charge in [-0.15, -0.1) is 5.10 Å². The van der Waals surface area contributed by atoms with Gasteiger partial charge in [0.25, 0.3) is 5.95 Å². The Morgan fingerprint density at radius 2 is 2.15 bits per heavy atom. The molecule has 6 heteroatoms. The number of rotatable bonds is 2. The zero-order valence-electron chi connectivity index (χ0n) is 6.53. The summed E-state index contributed by atoms with van der Waals surface area (Å²) in [6.07, 6.45) is 0. The van der Waals surface area contributed by atoms with Gasteiger partial charge in [-0.2, -0.15) is 5.21 Å². The molecule has 2 rings (SSSR count). The summed E-state index contributed by atoms with van der Waals surface area (Å²) >= 11 is 3.39. The Morgan fingerprint density at radius 1 is 1.31 bits per heavy atom. The number of nitrogens with zero attached hydrogens (tertiary/aromatic N) is 3. The minimum atomic E-state index is 0.451. The lowest BCUT2D eigenvalue weighted by atomic mass is 10.3. The number of anilines is 2. The summed E-state index contributed by atoms with van der Waals surface area (Å²) in [7, 11) is 0. The minimum Gasteiger partial charge on any atom is -0.321 e. The Kier molecular flexibility index (Phi) is 2.22. The van der Waals surface area contributed by atoms with E-state index >= 15 is 0 Å². The van der Waals surface area contributed by atoms with Crippen molar-refractivity contribution in [3.63, 3.8) is 0 Å². The van der Waals surface area contributed by atoms with Gasteiger partial charge in [-0.05, 0) is 33.3 Å². The fraction of sp³-hybridized carbons (Fsp3) is 0. The molecule has 2 N–H and O–H groups in total. The van der Waals surface area contributed by atoms with Crippen LogP contribution in [0.5, 0.6) is 0 Å². The number of aromatic amines is 1. The van der Waals surface area contributed by atoms with E-state index in [9.17, 15) is 0 Å². The van der Waals surface area contributed by atoms with Crippen LogP contribution in [0.3, 0.4) is 0 Å². The quantitative estimate of drug-likeness (QED) is 0.838. The van der Waals surface area contributed by atoms with Crippen LogP contribution in [0.1, 0.15) is 0 Å². The van der Waals surface area contributed by atoms with Crippen molar-refractivity contribution in [2.45, 2.75) is 0 Å². The summed E-state index contributed by atoms with van der Waals surface area (Å²) in [5.74, 6) is 0.451. The molecule has 66 valence electrons. The molecule has 0 atom stereocenters. The van der Waals surface area contributed by atoms with E-state index in [1.54, 1.807) is 0 Å². The molecule has 0 saturated carbocycles. The molecule has 0 unspecified atom stereocenters. The Balaban J connectivity index is 2.24. The molecule has 0 saturated heterocycles. The molecule has 0 aliphatic rings. The third-order valence-corrected chi connectivity index (χ3v) is 2.16. The van der Waals surface area contributed by atoms with Gasteiger partial charge in [-0.25, -0.2) is 0 Å². The number of benzene rings is 1. The molecule has 5 nitrogen and oxygen atoms in total. The number of tetrazole rings is 1.